The van der Waals surface area contributed by atoms with Crippen molar-refractivity contribution in [3.8, 4) is 0 Å². The maximum atomic E-state index is 14.7. The second-order valence-electron chi connectivity index (χ2n) is 9.15. The van der Waals surface area contributed by atoms with Crippen LogP contribution in [0.25, 0.3) is 0 Å². The van der Waals surface area contributed by atoms with Gasteiger partial charge in [0.05, 0.1) is 17.9 Å². The summed E-state index contributed by atoms with van der Waals surface area (Å²) in [5.74, 6) is -0.257. The number of carbonyl (C=O) groups excluding carboxylic acids is 1. The number of hydrogen-bond acceptors (Lipinski definition) is 4. The fourth-order valence-electron chi connectivity index (χ4n) is 4.67. The van der Waals surface area contributed by atoms with Crippen LogP contribution in [0.4, 0.5) is 14.9 Å². The van der Waals surface area contributed by atoms with Crippen molar-refractivity contribution < 1.29 is 13.9 Å². The summed E-state index contributed by atoms with van der Waals surface area (Å²) in [4.78, 5) is 16.6. The number of nitrogens with one attached hydrogen (secondary N) is 2. The highest BCUT2D eigenvalue weighted by Gasteiger charge is 2.24. The number of morpholine rings is 1. The number of likely N-dealkylation sites (tertiary alicyclic amines) is 1. The zero-order valence-corrected chi connectivity index (χ0v) is 19.3. The SMILES string of the molecule is CC1CN(c2ccc(CNC(=O)NCCCCN3CCCCC3C)cc2F)CC(C)O1. The van der Waals surface area contributed by atoms with Gasteiger partial charge in [-0.3, -0.25) is 0 Å². The third-order valence-electron chi connectivity index (χ3n) is 6.32. The van der Waals surface area contributed by atoms with E-state index >= 15 is 0 Å². The summed E-state index contributed by atoms with van der Waals surface area (Å²) in [6, 6.07) is 5.68. The third-order valence-corrected chi connectivity index (χ3v) is 6.32. The summed E-state index contributed by atoms with van der Waals surface area (Å²) in [6.45, 7) is 11.0. The minimum Gasteiger partial charge on any atom is -0.372 e. The Labute approximate surface area is 186 Å². The van der Waals surface area contributed by atoms with Gasteiger partial charge < -0.3 is 25.2 Å². The smallest absolute Gasteiger partial charge is 0.315 e. The summed E-state index contributed by atoms with van der Waals surface area (Å²) in [6.07, 6.45) is 6.17. The van der Waals surface area contributed by atoms with Crippen molar-refractivity contribution in [2.24, 2.45) is 0 Å². The average Bonchev–Trinajstić information content (AvgIpc) is 2.72. The summed E-state index contributed by atoms with van der Waals surface area (Å²) >= 11 is 0. The van der Waals surface area contributed by atoms with Gasteiger partial charge in [0.15, 0.2) is 0 Å². The van der Waals surface area contributed by atoms with Crippen LogP contribution in [0, 0.1) is 5.82 Å². The van der Waals surface area contributed by atoms with Crippen molar-refractivity contribution >= 4 is 11.7 Å². The molecular weight excluding hydrogens is 395 g/mol. The molecule has 0 saturated carbocycles. The van der Waals surface area contributed by atoms with Crippen molar-refractivity contribution in [2.45, 2.75) is 77.7 Å². The molecule has 2 aliphatic rings. The van der Waals surface area contributed by atoms with Gasteiger partial charge in [-0.2, -0.15) is 0 Å². The standard InChI is InChI=1S/C24H39FN4O2/c1-18-8-4-6-12-28(18)13-7-5-11-26-24(30)27-15-21-9-10-23(22(25)14-21)29-16-19(2)31-20(3)17-29/h9-10,14,18-20H,4-8,11-13,15-17H2,1-3H3,(H2,26,27,30). The van der Waals surface area contributed by atoms with E-state index in [1.54, 1.807) is 6.07 Å². The molecule has 2 N–H and O–H groups in total. The molecule has 2 heterocycles. The van der Waals surface area contributed by atoms with Crippen LogP contribution < -0.4 is 15.5 Å². The molecule has 0 radical (unpaired) electrons. The van der Waals surface area contributed by atoms with E-state index in [2.05, 4.69) is 22.5 Å². The van der Waals surface area contributed by atoms with Crippen molar-refractivity contribution in [1.82, 2.24) is 15.5 Å². The summed E-state index contributed by atoms with van der Waals surface area (Å²) in [5, 5.41) is 5.73. The zero-order chi connectivity index (χ0) is 22.2. The van der Waals surface area contributed by atoms with E-state index in [4.69, 9.17) is 4.74 Å². The Kier molecular flexibility index (Phi) is 8.96. The Balaban J connectivity index is 1.35. The molecule has 2 amide bonds. The minimum absolute atomic E-state index is 0.0800. The fourth-order valence-corrected chi connectivity index (χ4v) is 4.67. The van der Waals surface area contributed by atoms with Gasteiger partial charge in [-0.25, -0.2) is 9.18 Å². The van der Waals surface area contributed by atoms with Crippen LogP contribution in [0.3, 0.4) is 0 Å². The van der Waals surface area contributed by atoms with Crippen molar-refractivity contribution in [3.05, 3.63) is 29.6 Å². The second kappa shape index (κ2) is 11.7. The lowest BCUT2D eigenvalue weighted by molar-refractivity contribution is -0.00539. The van der Waals surface area contributed by atoms with Crippen LogP contribution in [0.1, 0.15) is 58.4 Å². The Morgan fingerprint density at radius 1 is 1.13 bits per heavy atom. The molecule has 174 valence electrons. The first kappa shape index (κ1) is 23.8. The maximum absolute atomic E-state index is 14.7. The molecule has 3 rings (SSSR count). The number of urea groups is 1. The lowest BCUT2D eigenvalue weighted by Crippen LogP contribution is -2.45. The number of ether oxygens (including phenoxy) is 1. The maximum Gasteiger partial charge on any atom is 0.315 e. The van der Waals surface area contributed by atoms with E-state index < -0.39 is 0 Å². The predicted molar refractivity (Wildman–Crippen MR) is 123 cm³/mol. The van der Waals surface area contributed by atoms with Gasteiger partial charge in [0.1, 0.15) is 5.82 Å². The predicted octanol–water partition coefficient (Wildman–Crippen LogP) is 3.89. The van der Waals surface area contributed by atoms with Gasteiger partial charge >= 0.3 is 6.03 Å². The highest BCUT2D eigenvalue weighted by Crippen LogP contribution is 2.24. The van der Waals surface area contributed by atoms with Crippen LogP contribution >= 0.6 is 0 Å². The van der Waals surface area contributed by atoms with E-state index in [1.165, 1.54) is 31.9 Å². The van der Waals surface area contributed by atoms with E-state index in [1.807, 2.05) is 24.8 Å². The molecule has 1 aromatic carbocycles. The first-order valence-electron chi connectivity index (χ1n) is 11.9. The molecule has 2 saturated heterocycles. The molecule has 0 spiro atoms. The number of amides is 2. The minimum atomic E-state index is -0.257. The van der Waals surface area contributed by atoms with E-state index in [0.29, 0.717) is 37.9 Å². The Bertz CT molecular complexity index is 707. The van der Waals surface area contributed by atoms with Gasteiger partial charge in [0, 0.05) is 32.2 Å². The highest BCUT2D eigenvalue weighted by atomic mass is 19.1. The van der Waals surface area contributed by atoms with Gasteiger partial charge in [-0.05, 0) is 77.2 Å². The lowest BCUT2D eigenvalue weighted by atomic mass is 10.0. The molecule has 2 fully saturated rings. The number of unbranched alkanes of at least 4 members (excludes halogenated alkanes) is 1. The van der Waals surface area contributed by atoms with Crippen LogP contribution in [0.15, 0.2) is 18.2 Å². The summed E-state index contributed by atoms with van der Waals surface area (Å²) < 4.78 is 20.4. The lowest BCUT2D eigenvalue weighted by Gasteiger charge is -2.37. The van der Waals surface area contributed by atoms with Crippen LogP contribution in [-0.2, 0) is 11.3 Å². The average molecular weight is 435 g/mol. The van der Waals surface area contributed by atoms with Gasteiger partial charge in [-0.1, -0.05) is 12.5 Å². The summed E-state index contributed by atoms with van der Waals surface area (Å²) in [5.41, 5.74) is 1.35. The Morgan fingerprint density at radius 3 is 2.61 bits per heavy atom. The molecule has 0 aliphatic carbocycles. The van der Waals surface area contributed by atoms with E-state index in [-0.39, 0.29) is 24.1 Å². The fraction of sp³-hybridized carbons (Fsp3) is 0.708. The van der Waals surface area contributed by atoms with Crippen LogP contribution in [-0.4, -0.2) is 61.9 Å². The Morgan fingerprint density at radius 2 is 1.90 bits per heavy atom. The second-order valence-corrected chi connectivity index (χ2v) is 9.15. The van der Waals surface area contributed by atoms with Gasteiger partial charge in [0.2, 0.25) is 0 Å². The number of carbonyl (C=O) groups is 1. The summed E-state index contributed by atoms with van der Waals surface area (Å²) in [7, 11) is 0. The molecule has 2 aliphatic heterocycles. The molecule has 0 bridgehead atoms. The number of hydrogen-bond donors (Lipinski definition) is 2. The molecule has 7 heteroatoms. The van der Waals surface area contributed by atoms with Crippen LogP contribution in [0.5, 0.6) is 0 Å². The van der Waals surface area contributed by atoms with Gasteiger partial charge in [0.25, 0.3) is 0 Å². The van der Waals surface area contributed by atoms with Crippen molar-refractivity contribution in [3.63, 3.8) is 0 Å². The quantitative estimate of drug-likeness (QED) is 0.610. The third kappa shape index (κ3) is 7.35. The molecule has 3 unspecified atom stereocenters. The number of piperidine rings is 1. The largest absolute Gasteiger partial charge is 0.372 e. The first-order chi connectivity index (χ1) is 14.9. The molecule has 3 atom stereocenters. The number of halogens is 1. The topological polar surface area (TPSA) is 56.8 Å². The molecular formula is C24H39FN4O2. The first-order valence-corrected chi connectivity index (χ1v) is 11.9. The molecule has 6 nitrogen and oxygen atoms in total. The van der Waals surface area contributed by atoms with Crippen molar-refractivity contribution in [1.29, 1.82) is 0 Å². The molecule has 0 aromatic heterocycles. The van der Waals surface area contributed by atoms with E-state index in [0.717, 1.165) is 24.9 Å². The van der Waals surface area contributed by atoms with Crippen molar-refractivity contribution in [2.75, 3.05) is 37.6 Å². The highest BCUT2D eigenvalue weighted by molar-refractivity contribution is 5.73. The van der Waals surface area contributed by atoms with E-state index in [9.17, 15) is 9.18 Å². The molecule has 1 aromatic rings. The Hall–Kier alpha value is -1.86. The van der Waals surface area contributed by atoms with Gasteiger partial charge in [-0.15, -0.1) is 0 Å². The zero-order valence-electron chi connectivity index (χ0n) is 19.3. The molecule has 31 heavy (non-hydrogen) atoms. The number of benzene rings is 1. The van der Waals surface area contributed by atoms with Crippen LogP contribution in [0.2, 0.25) is 0 Å². The number of rotatable bonds is 8. The normalized spacial score (nSPS) is 24.8. The number of anilines is 1. The monoisotopic (exact) mass is 434 g/mol. The number of nitrogens with zero attached hydrogens (tertiary/aromatic N) is 2.